The summed E-state index contributed by atoms with van der Waals surface area (Å²) in [6, 6.07) is 28.4. The molecule has 5 aromatic carbocycles. The fourth-order valence-electron chi connectivity index (χ4n) is 4.93. The second kappa shape index (κ2) is 14.1. The third kappa shape index (κ3) is 7.42. The highest BCUT2D eigenvalue weighted by molar-refractivity contribution is 7.92. The Morgan fingerprint density at radius 3 is 2.31 bits per heavy atom. The summed E-state index contributed by atoms with van der Waals surface area (Å²) in [5.41, 5.74) is 1.87. The Bertz CT molecular complexity index is 2420. The number of fused-ring (bicyclic) bond motifs is 1. The van der Waals surface area contributed by atoms with E-state index in [1.165, 1.54) is 54.7 Å². The molecule has 0 aliphatic heterocycles. The van der Waals surface area contributed by atoms with Gasteiger partial charge >= 0.3 is 0 Å². The molecule has 0 radical (unpaired) electrons. The molecule has 6 aromatic rings. The number of para-hydroxylation sites is 3. The number of hydrogen-bond donors (Lipinski definition) is 2. The van der Waals surface area contributed by atoms with E-state index in [1.54, 1.807) is 60.7 Å². The number of anilines is 2. The second-order valence-corrected chi connectivity index (χ2v) is 13.5. The van der Waals surface area contributed by atoms with Crippen LogP contribution in [0, 0.1) is 10.1 Å². The summed E-state index contributed by atoms with van der Waals surface area (Å²) in [5, 5.41) is 15.8. The number of nitro groups is 1. The van der Waals surface area contributed by atoms with E-state index < -0.39 is 20.5 Å². The van der Waals surface area contributed by atoms with Gasteiger partial charge in [0, 0.05) is 29.4 Å². The lowest BCUT2D eigenvalue weighted by molar-refractivity contribution is -0.385. The minimum atomic E-state index is -4.34. The fraction of sp³-hybridized carbons (Fsp3) is 0.0294. The lowest BCUT2D eigenvalue weighted by Crippen LogP contribution is -2.36. The van der Waals surface area contributed by atoms with Gasteiger partial charge in [0.15, 0.2) is 0 Å². The first-order chi connectivity index (χ1) is 23.5. The van der Waals surface area contributed by atoms with Gasteiger partial charge in [0.1, 0.15) is 5.82 Å². The van der Waals surface area contributed by atoms with E-state index in [2.05, 4.69) is 20.1 Å². The van der Waals surface area contributed by atoms with Crippen LogP contribution in [0.25, 0.3) is 10.9 Å². The van der Waals surface area contributed by atoms with Gasteiger partial charge in [0.05, 0.1) is 47.7 Å². The highest BCUT2D eigenvalue weighted by Crippen LogP contribution is 2.34. The summed E-state index contributed by atoms with van der Waals surface area (Å²) in [6.45, 7) is 0. The highest BCUT2D eigenvalue weighted by Gasteiger charge is 2.21. The maximum Gasteiger partial charge on any atom is 0.280 e. The second-order valence-electron chi connectivity index (χ2n) is 10.5. The van der Waals surface area contributed by atoms with E-state index in [9.17, 15) is 23.3 Å². The third-order valence-corrected chi connectivity index (χ3v) is 9.51. The summed E-state index contributed by atoms with van der Waals surface area (Å²) < 4.78 is 28.2. The van der Waals surface area contributed by atoms with Gasteiger partial charge in [-0.15, -0.1) is 0 Å². The van der Waals surface area contributed by atoms with Gasteiger partial charge in [-0.25, -0.2) is 9.82 Å². The molecular weight excluding hydrogens is 711 g/mol. The number of nitrogens with one attached hydrogen (secondary N) is 2. The van der Waals surface area contributed by atoms with Crippen LogP contribution < -0.4 is 15.7 Å². The number of halogens is 3. The Labute approximate surface area is 294 Å². The fourth-order valence-corrected chi connectivity index (χ4v) is 6.61. The first-order valence-corrected chi connectivity index (χ1v) is 17.0. The van der Waals surface area contributed by atoms with Crippen molar-refractivity contribution < 1.29 is 13.3 Å². The quantitative estimate of drug-likeness (QED) is 0.0818. The highest BCUT2D eigenvalue weighted by atomic mass is 35.5. The molecule has 0 unspecified atom stereocenters. The lowest BCUT2D eigenvalue weighted by atomic mass is 10.1. The Morgan fingerprint density at radius 2 is 1.57 bits per heavy atom. The molecule has 1 aromatic heterocycles. The van der Waals surface area contributed by atoms with Crippen molar-refractivity contribution in [3.05, 3.63) is 162 Å². The van der Waals surface area contributed by atoms with Crippen LogP contribution >= 0.6 is 34.8 Å². The van der Waals surface area contributed by atoms with Crippen LogP contribution in [-0.2, 0) is 16.4 Å². The zero-order valence-electron chi connectivity index (χ0n) is 25.0. The van der Waals surface area contributed by atoms with E-state index in [-0.39, 0.29) is 39.3 Å². The van der Waals surface area contributed by atoms with Crippen LogP contribution in [0.15, 0.2) is 124 Å². The largest absolute Gasteiger partial charge is 0.353 e. The first kappa shape index (κ1) is 33.6. The SMILES string of the molecule is O=c1c2ccc(Cl)cc2nc(Cc2ccccc2Nc2c(Cl)cccc2Cl)n1NS(=O)(=O)c1ccc(N=Cc2ccccc2[N+](=O)[O-])cc1. The molecule has 0 saturated carbocycles. The molecule has 0 spiro atoms. The van der Waals surface area contributed by atoms with E-state index in [0.717, 1.165) is 4.68 Å². The Morgan fingerprint density at radius 1 is 0.878 bits per heavy atom. The predicted octanol–water partition coefficient (Wildman–Crippen LogP) is 8.28. The number of hydrogen-bond acceptors (Lipinski definition) is 8. The minimum Gasteiger partial charge on any atom is -0.353 e. The van der Waals surface area contributed by atoms with Crippen LogP contribution in [0.5, 0.6) is 0 Å². The number of nitro benzene ring substituents is 1. The molecule has 0 aliphatic rings. The van der Waals surface area contributed by atoms with Crippen LogP contribution in [0.2, 0.25) is 15.1 Å². The smallest absolute Gasteiger partial charge is 0.280 e. The number of aliphatic imine (C=N–C) groups is 1. The number of benzene rings is 5. The van der Waals surface area contributed by atoms with Crippen molar-refractivity contribution in [3.8, 4) is 0 Å². The normalized spacial score (nSPS) is 11.6. The summed E-state index contributed by atoms with van der Waals surface area (Å²) >= 11 is 19.0. The summed E-state index contributed by atoms with van der Waals surface area (Å²) in [6.07, 6.45) is 1.33. The standard InChI is InChI=1S/C34H23Cl3N6O5S/c35-23-12-17-26-30(19-23)39-32(18-21-6-1-3-10-29(21)40-33-27(36)8-5-9-28(33)37)42(34(26)44)41-49(47,48)25-15-13-24(14-16-25)38-20-22-7-2-4-11-31(22)43(45)46/h1-17,19-20,40-41H,18H2. The van der Waals surface area contributed by atoms with Crippen LogP contribution in [0.4, 0.5) is 22.7 Å². The minimum absolute atomic E-state index is 0.00470. The Kier molecular flexibility index (Phi) is 9.65. The summed E-state index contributed by atoms with van der Waals surface area (Å²) in [4.78, 5) is 35.7. The van der Waals surface area contributed by atoms with Crippen LogP contribution in [0.3, 0.4) is 0 Å². The molecule has 0 atom stereocenters. The van der Waals surface area contributed by atoms with Gasteiger partial charge in [0.2, 0.25) is 0 Å². The Hall–Kier alpha value is -5.27. The first-order valence-electron chi connectivity index (χ1n) is 14.4. The number of sulfonamides is 1. The molecule has 11 nitrogen and oxygen atoms in total. The molecule has 246 valence electrons. The zero-order valence-corrected chi connectivity index (χ0v) is 28.1. The van der Waals surface area contributed by atoms with Crippen molar-refractivity contribution in [2.24, 2.45) is 4.99 Å². The zero-order chi connectivity index (χ0) is 34.7. The molecule has 6 rings (SSSR count). The maximum absolute atomic E-state index is 13.8. The van der Waals surface area contributed by atoms with Gasteiger partial charge in [0.25, 0.3) is 21.3 Å². The number of aromatic nitrogens is 2. The van der Waals surface area contributed by atoms with Gasteiger partial charge in [-0.2, -0.15) is 13.1 Å². The van der Waals surface area contributed by atoms with E-state index in [0.29, 0.717) is 37.7 Å². The number of nitrogens with zero attached hydrogens (tertiary/aromatic N) is 4. The van der Waals surface area contributed by atoms with Gasteiger partial charge in [-0.3, -0.25) is 19.9 Å². The van der Waals surface area contributed by atoms with E-state index in [4.69, 9.17) is 34.8 Å². The van der Waals surface area contributed by atoms with Crippen molar-refractivity contribution >= 4 is 84.7 Å². The third-order valence-electron chi connectivity index (χ3n) is 7.33. The van der Waals surface area contributed by atoms with Gasteiger partial charge < -0.3 is 5.32 Å². The van der Waals surface area contributed by atoms with Crippen LogP contribution in [0.1, 0.15) is 17.0 Å². The molecule has 15 heteroatoms. The molecule has 0 fully saturated rings. The average Bonchev–Trinajstić information content (AvgIpc) is 3.08. The van der Waals surface area contributed by atoms with Crippen LogP contribution in [-0.4, -0.2) is 29.2 Å². The molecule has 0 bridgehead atoms. The molecule has 0 saturated heterocycles. The van der Waals surface area contributed by atoms with Gasteiger partial charge in [-0.05, 0) is 72.3 Å². The number of rotatable bonds is 10. The lowest BCUT2D eigenvalue weighted by Gasteiger charge is -2.18. The predicted molar refractivity (Wildman–Crippen MR) is 193 cm³/mol. The van der Waals surface area contributed by atoms with E-state index in [1.807, 2.05) is 0 Å². The summed E-state index contributed by atoms with van der Waals surface area (Å²) in [7, 11) is -4.34. The van der Waals surface area contributed by atoms with Crippen molar-refractivity contribution in [3.63, 3.8) is 0 Å². The van der Waals surface area contributed by atoms with Crippen molar-refractivity contribution in [2.45, 2.75) is 11.3 Å². The monoisotopic (exact) mass is 732 g/mol. The van der Waals surface area contributed by atoms with Crippen molar-refractivity contribution in [1.29, 1.82) is 0 Å². The molecule has 0 aliphatic carbocycles. The Balaban J connectivity index is 1.35. The van der Waals surface area contributed by atoms with Crippen molar-refractivity contribution in [2.75, 3.05) is 10.1 Å². The molecule has 49 heavy (non-hydrogen) atoms. The molecule has 2 N–H and O–H groups in total. The average molecular weight is 734 g/mol. The molecular formula is C34H23Cl3N6O5S. The summed E-state index contributed by atoms with van der Waals surface area (Å²) in [5.74, 6) is 0.0773. The molecule has 1 heterocycles. The van der Waals surface area contributed by atoms with E-state index >= 15 is 0 Å². The molecule has 0 amide bonds. The van der Waals surface area contributed by atoms with Gasteiger partial charge in [-0.1, -0.05) is 71.2 Å². The maximum atomic E-state index is 13.8. The van der Waals surface area contributed by atoms with Crippen molar-refractivity contribution in [1.82, 2.24) is 9.66 Å². The topological polar surface area (TPSA) is 149 Å².